The first-order valence-corrected chi connectivity index (χ1v) is 6.38. The molecular formula is C10H10N2O7S. The van der Waals surface area contributed by atoms with Gasteiger partial charge in [0, 0.05) is 6.92 Å². The predicted octanol–water partition coefficient (Wildman–Crippen LogP) is -1.46. The van der Waals surface area contributed by atoms with Crippen molar-refractivity contribution in [2.45, 2.75) is 17.8 Å². The number of nitrogens with zero attached hydrogens (tertiary/aromatic N) is 1. The van der Waals surface area contributed by atoms with Gasteiger partial charge in [-0.1, -0.05) is 0 Å². The van der Waals surface area contributed by atoms with E-state index in [4.69, 9.17) is 20.7 Å². The average Bonchev–Trinajstić information content (AvgIpc) is 2.35. The Kier molecular flexibility index (Phi) is 3.22. The summed E-state index contributed by atoms with van der Waals surface area (Å²) in [5, 5.41) is 17.1. The summed E-state index contributed by atoms with van der Waals surface area (Å²) in [6, 6.07) is 0. The maximum absolute atomic E-state index is 11.9. The van der Waals surface area contributed by atoms with Gasteiger partial charge in [-0.3, -0.25) is 14.5 Å². The van der Waals surface area contributed by atoms with Crippen LogP contribution in [-0.4, -0.2) is 55.6 Å². The van der Waals surface area contributed by atoms with E-state index >= 15 is 0 Å². The highest BCUT2D eigenvalue weighted by Gasteiger charge is 2.67. The summed E-state index contributed by atoms with van der Waals surface area (Å²) in [6.45, 7) is 1.09. The molecule has 0 radical (unpaired) electrons. The Morgan fingerprint density at radius 3 is 2.50 bits per heavy atom. The van der Waals surface area contributed by atoms with Crippen LogP contribution in [0, 0.1) is 0 Å². The van der Waals surface area contributed by atoms with Gasteiger partial charge in [0.2, 0.25) is 5.54 Å². The van der Waals surface area contributed by atoms with Crippen LogP contribution in [-0.2, 0) is 23.9 Å². The number of aliphatic carboxylic acids is 2. The largest absolute Gasteiger partial charge is 0.479 e. The van der Waals surface area contributed by atoms with E-state index in [1.165, 1.54) is 0 Å². The molecular weight excluding hydrogens is 292 g/mol. The Balaban J connectivity index is 2.43. The van der Waals surface area contributed by atoms with Crippen molar-refractivity contribution < 1.29 is 34.1 Å². The lowest BCUT2D eigenvalue weighted by molar-refractivity contribution is -0.168. The number of rotatable bonds is 3. The fourth-order valence-electron chi connectivity index (χ4n) is 2.00. The molecule has 0 spiro atoms. The molecule has 20 heavy (non-hydrogen) atoms. The first kappa shape index (κ1) is 14.3. The van der Waals surface area contributed by atoms with Crippen molar-refractivity contribution >= 4 is 35.6 Å². The number of fused-ring (bicyclic) bond motifs is 1. The van der Waals surface area contributed by atoms with Crippen molar-refractivity contribution in [2.24, 2.45) is 5.73 Å². The minimum atomic E-state index is -2.16. The van der Waals surface area contributed by atoms with E-state index in [2.05, 4.69) is 0 Å². The number of carboxylic acid groups (broad SMARTS) is 2. The number of nitrogens with two attached hydrogens (primary N) is 1. The Bertz CT molecular complexity index is 572. The second kappa shape index (κ2) is 4.49. The van der Waals surface area contributed by atoms with Gasteiger partial charge in [0.25, 0.3) is 5.91 Å². The second-order valence-corrected chi connectivity index (χ2v) is 5.25. The standard InChI is InChI=1S/C10H10N2O7S/c1-3(13)19-4-2-20-8-10(11,9(17)18)7(16)12(8)5(4)6(14)15/h8H,2,11H2,1H3,(H,14,15)(H,17,18)/t8-,10?/m0/s1. The molecule has 1 fully saturated rings. The summed E-state index contributed by atoms with van der Waals surface area (Å²) in [6.07, 6.45) is 0. The number of β-lactam (4-membered cyclic amide) rings is 1. The molecule has 0 saturated carbocycles. The fourth-order valence-corrected chi connectivity index (χ4v) is 3.32. The molecule has 2 rings (SSSR count). The Morgan fingerprint density at radius 1 is 1.45 bits per heavy atom. The molecule has 2 atom stereocenters. The highest BCUT2D eigenvalue weighted by atomic mass is 32.2. The van der Waals surface area contributed by atoms with Crippen LogP contribution in [0.2, 0.25) is 0 Å². The third kappa shape index (κ3) is 1.76. The number of carbonyl (C=O) groups is 4. The maximum atomic E-state index is 11.9. The van der Waals surface area contributed by atoms with Crippen molar-refractivity contribution in [1.82, 2.24) is 4.90 Å². The molecule has 108 valence electrons. The van der Waals surface area contributed by atoms with E-state index < -0.39 is 40.4 Å². The van der Waals surface area contributed by atoms with Crippen molar-refractivity contribution in [1.29, 1.82) is 0 Å². The monoisotopic (exact) mass is 302 g/mol. The van der Waals surface area contributed by atoms with Gasteiger partial charge in [-0.2, -0.15) is 0 Å². The van der Waals surface area contributed by atoms with Crippen LogP contribution in [0.15, 0.2) is 11.5 Å². The van der Waals surface area contributed by atoms with Crippen LogP contribution in [0.1, 0.15) is 6.92 Å². The molecule has 4 N–H and O–H groups in total. The number of hydrogen-bond donors (Lipinski definition) is 3. The van der Waals surface area contributed by atoms with Gasteiger partial charge in [-0.25, -0.2) is 9.59 Å². The van der Waals surface area contributed by atoms with Crippen LogP contribution < -0.4 is 5.73 Å². The van der Waals surface area contributed by atoms with Gasteiger partial charge >= 0.3 is 17.9 Å². The number of carbonyl (C=O) groups excluding carboxylic acids is 2. The highest BCUT2D eigenvalue weighted by molar-refractivity contribution is 8.00. The number of esters is 1. The summed E-state index contributed by atoms with van der Waals surface area (Å²) in [7, 11) is 0. The lowest BCUT2D eigenvalue weighted by Gasteiger charge is -2.52. The van der Waals surface area contributed by atoms with Crippen LogP contribution in [0.25, 0.3) is 0 Å². The van der Waals surface area contributed by atoms with Crippen LogP contribution >= 0.6 is 11.8 Å². The van der Waals surface area contributed by atoms with E-state index in [0.717, 1.165) is 23.6 Å². The predicted molar refractivity (Wildman–Crippen MR) is 64.1 cm³/mol. The lowest BCUT2D eigenvalue weighted by atomic mass is 9.88. The number of carboxylic acids is 2. The van der Waals surface area contributed by atoms with Gasteiger partial charge in [-0.05, 0) is 0 Å². The summed E-state index contributed by atoms with van der Waals surface area (Å²) in [5.74, 6) is -5.08. The molecule has 1 unspecified atom stereocenters. The quantitative estimate of drug-likeness (QED) is 0.323. The maximum Gasteiger partial charge on any atom is 0.356 e. The smallest absolute Gasteiger partial charge is 0.356 e. The molecule has 9 nitrogen and oxygen atoms in total. The van der Waals surface area contributed by atoms with Crippen molar-refractivity contribution in [2.75, 3.05) is 5.75 Å². The van der Waals surface area contributed by atoms with Crippen molar-refractivity contribution in [3.05, 3.63) is 11.5 Å². The van der Waals surface area contributed by atoms with E-state index in [1.807, 2.05) is 0 Å². The van der Waals surface area contributed by atoms with Gasteiger partial charge in [0.1, 0.15) is 11.1 Å². The summed E-state index contributed by atoms with van der Waals surface area (Å²) >= 11 is 0.924. The molecule has 10 heteroatoms. The first-order chi connectivity index (χ1) is 9.21. The first-order valence-electron chi connectivity index (χ1n) is 5.33. The summed E-state index contributed by atoms with van der Waals surface area (Å²) < 4.78 is 4.75. The van der Waals surface area contributed by atoms with E-state index in [-0.39, 0.29) is 11.5 Å². The Morgan fingerprint density at radius 2 is 2.05 bits per heavy atom. The second-order valence-electron chi connectivity index (χ2n) is 4.18. The van der Waals surface area contributed by atoms with Crippen LogP contribution in [0.5, 0.6) is 0 Å². The van der Waals surface area contributed by atoms with Crippen LogP contribution in [0.3, 0.4) is 0 Å². The topological polar surface area (TPSA) is 147 Å². The molecule has 0 bridgehead atoms. The van der Waals surface area contributed by atoms with Gasteiger partial charge in [0.15, 0.2) is 5.70 Å². The van der Waals surface area contributed by atoms with E-state index in [1.54, 1.807) is 0 Å². The Labute approximate surface area is 116 Å². The van der Waals surface area contributed by atoms with Crippen molar-refractivity contribution in [3.63, 3.8) is 0 Å². The lowest BCUT2D eigenvalue weighted by Crippen LogP contribution is -2.81. The minimum absolute atomic E-state index is 0.0676. The highest BCUT2D eigenvalue weighted by Crippen LogP contribution is 2.45. The van der Waals surface area contributed by atoms with E-state index in [9.17, 15) is 19.2 Å². The fraction of sp³-hybridized carbons (Fsp3) is 0.400. The normalized spacial score (nSPS) is 28.6. The van der Waals surface area contributed by atoms with Crippen molar-refractivity contribution in [3.8, 4) is 0 Å². The van der Waals surface area contributed by atoms with Gasteiger partial charge < -0.3 is 20.7 Å². The number of amides is 1. The van der Waals surface area contributed by atoms with Gasteiger partial charge in [-0.15, -0.1) is 11.8 Å². The zero-order chi connectivity index (χ0) is 15.2. The summed E-state index contributed by atoms with van der Waals surface area (Å²) in [4.78, 5) is 45.8. The molecule has 2 aliphatic rings. The summed E-state index contributed by atoms with van der Waals surface area (Å²) in [5.41, 5.74) is 2.81. The van der Waals surface area contributed by atoms with Gasteiger partial charge in [0.05, 0.1) is 5.75 Å². The third-order valence-electron chi connectivity index (χ3n) is 2.90. The molecule has 0 aromatic carbocycles. The zero-order valence-electron chi connectivity index (χ0n) is 10.2. The number of ether oxygens (including phenoxy) is 1. The molecule has 0 aliphatic carbocycles. The molecule has 1 saturated heterocycles. The minimum Gasteiger partial charge on any atom is -0.479 e. The molecule has 0 aromatic rings. The van der Waals surface area contributed by atoms with Crippen LogP contribution in [0.4, 0.5) is 0 Å². The molecule has 1 amide bonds. The molecule has 2 aliphatic heterocycles. The number of hydrogen-bond acceptors (Lipinski definition) is 7. The number of thioether (sulfide) groups is 1. The average molecular weight is 302 g/mol. The SMILES string of the molecule is CC(=O)OC1=C(C(=O)O)N2C(=O)C(N)(C(=O)O)[C@@H]2SC1. The van der Waals surface area contributed by atoms with E-state index in [0.29, 0.717) is 0 Å². The third-order valence-corrected chi connectivity index (χ3v) is 4.22. The Hall–Kier alpha value is -2.07. The molecule has 2 heterocycles. The molecule has 0 aromatic heterocycles. The zero-order valence-corrected chi connectivity index (χ0v) is 11.0.